The smallest absolute Gasteiger partial charge is 0.408 e. The van der Waals surface area contributed by atoms with Gasteiger partial charge in [0.25, 0.3) is 5.67 Å². The molecule has 0 aromatic rings. The quantitative estimate of drug-likeness (QED) is 0.332. The highest BCUT2D eigenvalue weighted by molar-refractivity contribution is 6.07. The fourth-order valence-electron chi connectivity index (χ4n) is 7.67. The van der Waals surface area contributed by atoms with Gasteiger partial charge in [-0.05, 0) is 60.5 Å². The predicted octanol–water partition coefficient (Wildman–Crippen LogP) is 4.24. The van der Waals surface area contributed by atoms with E-state index in [1.54, 1.807) is 34.6 Å². The van der Waals surface area contributed by atoms with Crippen molar-refractivity contribution in [3.05, 3.63) is 0 Å². The van der Waals surface area contributed by atoms with Crippen molar-refractivity contribution in [2.45, 2.75) is 142 Å². The van der Waals surface area contributed by atoms with Gasteiger partial charge in [-0.25, -0.2) is 14.0 Å². The van der Waals surface area contributed by atoms with Gasteiger partial charge in [0.15, 0.2) is 17.7 Å². The number of hydrogen-bond donors (Lipinski definition) is 1. The second-order valence-electron chi connectivity index (χ2n) is 14.2. The highest BCUT2D eigenvalue weighted by Gasteiger charge is 2.59. The van der Waals surface area contributed by atoms with Gasteiger partial charge in [0.1, 0.15) is 11.9 Å². The van der Waals surface area contributed by atoms with Crippen LogP contribution < -0.4 is 5.32 Å². The number of cyclic esters (lactones) is 1. The Balaban J connectivity index is 2.14. The van der Waals surface area contributed by atoms with E-state index in [4.69, 9.17) is 23.7 Å². The SMILES string of the molecule is CCC1CC(N(C)C)C(C)[C@H](O[C@@H]2[C@@H](C)C(=O)[C@](C)(F)C(=O)O[C@H](CC)[C@@]3(C)OC(=O)N[C@@H]3[C@@H](C)C(=O)[C@H](C)C[C@@]2(C)OC)O1. The maximum Gasteiger partial charge on any atom is 0.408 e. The topological polar surface area (TPSA) is 130 Å². The first-order valence-electron chi connectivity index (χ1n) is 16.3. The van der Waals surface area contributed by atoms with Crippen LogP contribution in [-0.4, -0.2) is 103 Å². The maximum atomic E-state index is 16.5. The van der Waals surface area contributed by atoms with E-state index in [2.05, 4.69) is 10.2 Å². The van der Waals surface area contributed by atoms with Crippen molar-refractivity contribution in [2.75, 3.05) is 21.2 Å². The van der Waals surface area contributed by atoms with Crippen molar-refractivity contribution in [2.24, 2.45) is 23.7 Å². The van der Waals surface area contributed by atoms with Gasteiger partial charge in [-0.3, -0.25) is 9.59 Å². The molecule has 0 saturated carbocycles. The second-order valence-corrected chi connectivity index (χ2v) is 14.2. The average molecular weight is 643 g/mol. The third-order valence-corrected chi connectivity index (χ3v) is 10.7. The van der Waals surface area contributed by atoms with Crippen LogP contribution in [0.1, 0.15) is 88.0 Å². The number of rotatable bonds is 6. The molecule has 3 saturated heterocycles. The fraction of sp³-hybridized carbons (Fsp3) is 0.879. The summed E-state index contributed by atoms with van der Waals surface area (Å²) in [5.74, 6) is -5.39. The Hall–Kier alpha value is -2.15. The fourth-order valence-corrected chi connectivity index (χ4v) is 7.67. The van der Waals surface area contributed by atoms with E-state index < -0.39 is 77.0 Å². The average Bonchev–Trinajstić information content (AvgIpc) is 3.30. The third kappa shape index (κ3) is 7.09. The van der Waals surface area contributed by atoms with Crippen LogP contribution in [0.2, 0.25) is 0 Å². The predicted molar refractivity (Wildman–Crippen MR) is 164 cm³/mol. The molecule has 1 amide bonds. The number of halogens is 1. The van der Waals surface area contributed by atoms with Crippen molar-refractivity contribution >= 4 is 23.6 Å². The monoisotopic (exact) mass is 642 g/mol. The number of fused-ring (bicyclic) bond motifs is 1. The number of methoxy groups -OCH3 is 1. The number of Topliss-reactive ketones (excluding diaryl/α,β-unsaturated/α-hetero) is 2. The molecule has 3 fully saturated rings. The molecule has 0 bridgehead atoms. The van der Waals surface area contributed by atoms with Crippen LogP contribution in [0.25, 0.3) is 0 Å². The first kappa shape index (κ1) is 37.3. The van der Waals surface area contributed by atoms with Gasteiger partial charge in [0.05, 0.1) is 23.9 Å². The normalized spacial score (nSPS) is 45.4. The molecule has 45 heavy (non-hydrogen) atoms. The first-order chi connectivity index (χ1) is 20.8. The summed E-state index contributed by atoms with van der Waals surface area (Å²) >= 11 is 0. The number of nitrogens with one attached hydrogen (secondary N) is 1. The van der Waals surface area contributed by atoms with Gasteiger partial charge in [0, 0.05) is 36.8 Å². The molecular weight excluding hydrogens is 587 g/mol. The molecule has 0 aromatic carbocycles. The molecule has 0 aromatic heterocycles. The summed E-state index contributed by atoms with van der Waals surface area (Å²) in [5, 5.41) is 2.71. The minimum Gasteiger partial charge on any atom is -0.455 e. The molecule has 13 atom stereocenters. The minimum atomic E-state index is -3.07. The van der Waals surface area contributed by atoms with E-state index in [0.717, 1.165) is 19.8 Å². The molecule has 12 heteroatoms. The van der Waals surface area contributed by atoms with Crippen LogP contribution in [0.4, 0.5) is 9.18 Å². The van der Waals surface area contributed by atoms with Gasteiger partial charge in [-0.2, -0.15) is 0 Å². The van der Waals surface area contributed by atoms with Crippen LogP contribution in [0.3, 0.4) is 0 Å². The molecular formula is C33H55FN2O9. The number of carbonyl (C=O) groups is 4. The Morgan fingerprint density at radius 2 is 1.62 bits per heavy atom. The Morgan fingerprint density at radius 3 is 2.16 bits per heavy atom. The molecule has 1 N–H and O–H groups in total. The van der Waals surface area contributed by atoms with Crippen molar-refractivity contribution in [1.82, 2.24) is 10.2 Å². The van der Waals surface area contributed by atoms with Gasteiger partial charge >= 0.3 is 12.1 Å². The number of hydrogen-bond acceptors (Lipinski definition) is 10. The minimum absolute atomic E-state index is 0.104. The number of nitrogens with zero attached hydrogens (tertiary/aromatic N) is 1. The largest absolute Gasteiger partial charge is 0.455 e. The second kappa shape index (κ2) is 13.9. The van der Waals surface area contributed by atoms with Crippen molar-refractivity contribution in [3.8, 4) is 0 Å². The highest BCUT2D eigenvalue weighted by Crippen LogP contribution is 2.41. The van der Waals surface area contributed by atoms with Crippen molar-refractivity contribution in [1.29, 1.82) is 0 Å². The summed E-state index contributed by atoms with van der Waals surface area (Å²) in [7, 11) is 5.44. The molecule has 3 aliphatic rings. The molecule has 3 aliphatic heterocycles. The van der Waals surface area contributed by atoms with E-state index in [0.29, 0.717) is 0 Å². The summed E-state index contributed by atoms with van der Waals surface area (Å²) in [6.07, 6.45) is -2.13. The molecule has 3 unspecified atom stereocenters. The number of ether oxygens (including phenoxy) is 5. The lowest BCUT2D eigenvalue weighted by atomic mass is 9.73. The van der Waals surface area contributed by atoms with Gasteiger partial charge in [-0.1, -0.05) is 41.5 Å². The molecule has 0 spiro atoms. The molecule has 0 aliphatic carbocycles. The van der Waals surface area contributed by atoms with E-state index in [9.17, 15) is 19.2 Å². The Labute approximate surface area is 267 Å². The Bertz CT molecular complexity index is 1120. The zero-order valence-electron chi connectivity index (χ0n) is 29.1. The lowest BCUT2D eigenvalue weighted by Gasteiger charge is -2.48. The summed E-state index contributed by atoms with van der Waals surface area (Å²) in [4.78, 5) is 56.1. The lowest BCUT2D eigenvalue weighted by molar-refractivity contribution is -0.283. The lowest BCUT2D eigenvalue weighted by Crippen LogP contribution is -2.60. The maximum absolute atomic E-state index is 16.5. The van der Waals surface area contributed by atoms with Crippen LogP contribution in [0, 0.1) is 23.7 Å². The zero-order valence-corrected chi connectivity index (χ0v) is 29.1. The summed E-state index contributed by atoms with van der Waals surface area (Å²) in [6.45, 7) is 14.8. The van der Waals surface area contributed by atoms with E-state index in [-0.39, 0.29) is 36.7 Å². The molecule has 3 rings (SSSR count). The molecule has 3 heterocycles. The number of carbonyl (C=O) groups excluding carboxylic acids is 4. The van der Waals surface area contributed by atoms with Crippen LogP contribution in [-0.2, 0) is 38.1 Å². The van der Waals surface area contributed by atoms with Crippen molar-refractivity contribution in [3.63, 3.8) is 0 Å². The van der Waals surface area contributed by atoms with Gasteiger partial charge < -0.3 is 33.9 Å². The zero-order chi connectivity index (χ0) is 34.2. The van der Waals surface area contributed by atoms with E-state index in [1.807, 2.05) is 27.9 Å². The van der Waals surface area contributed by atoms with Crippen LogP contribution in [0.15, 0.2) is 0 Å². The van der Waals surface area contributed by atoms with E-state index in [1.165, 1.54) is 14.0 Å². The first-order valence-corrected chi connectivity index (χ1v) is 16.3. The Kier molecular flexibility index (Phi) is 11.5. The summed E-state index contributed by atoms with van der Waals surface area (Å²) in [5.41, 5.74) is -5.86. The van der Waals surface area contributed by atoms with Gasteiger partial charge in [-0.15, -0.1) is 0 Å². The number of alkyl halides is 1. The summed E-state index contributed by atoms with van der Waals surface area (Å²) in [6, 6.07) is -0.772. The molecule has 258 valence electrons. The standard InChI is InChI=1S/C33H55FN2O9/c1-13-21-15-22(36(10)11)18(4)28(42-21)44-27-20(6)26(38)32(8,34)29(39)43-23(14-2)33(9)25(35-30(40)45-33)19(5)24(37)17(3)16-31(27,7)41-12/h17-23,25,27-28H,13-16H2,1-12H3,(H,35,40)/t17-,18?,19+,20+,21?,22?,23-,25-,27-,28+,31-,32+,33-/m1/s1. The van der Waals surface area contributed by atoms with E-state index >= 15 is 4.39 Å². The highest BCUT2D eigenvalue weighted by atomic mass is 19.1. The number of ketones is 2. The van der Waals surface area contributed by atoms with Crippen LogP contribution in [0.5, 0.6) is 0 Å². The van der Waals surface area contributed by atoms with Crippen LogP contribution >= 0.6 is 0 Å². The number of esters is 1. The third-order valence-electron chi connectivity index (χ3n) is 10.7. The number of amides is 1. The number of alkyl carbamates (subject to hydrolysis) is 1. The molecule has 11 nitrogen and oxygen atoms in total. The Morgan fingerprint density at radius 1 is 1.00 bits per heavy atom. The van der Waals surface area contributed by atoms with Gasteiger partial charge in [0.2, 0.25) is 0 Å². The summed E-state index contributed by atoms with van der Waals surface area (Å²) < 4.78 is 46.8. The van der Waals surface area contributed by atoms with Crippen molar-refractivity contribution < 1.29 is 47.3 Å². The molecule has 0 radical (unpaired) electrons.